The van der Waals surface area contributed by atoms with E-state index in [-0.39, 0.29) is 12.3 Å². The Morgan fingerprint density at radius 2 is 1.28 bits per heavy atom. The monoisotopic (exact) mass is 420 g/mol. The van der Waals surface area contributed by atoms with Gasteiger partial charge in [0.05, 0.1) is 19.6 Å². The van der Waals surface area contributed by atoms with Gasteiger partial charge in [0, 0.05) is 0 Å². The maximum absolute atomic E-state index is 12.3. The van der Waals surface area contributed by atoms with Gasteiger partial charge in [-0.2, -0.15) is 0 Å². The van der Waals surface area contributed by atoms with Crippen molar-refractivity contribution in [3.05, 3.63) is 0 Å². The molecular formula is C16H28N4O9. The molecule has 13 nitrogen and oxygen atoms in total. The molecule has 0 rings (SSSR count). The highest BCUT2D eigenvalue weighted by molar-refractivity contribution is 5.95. The first kappa shape index (κ1) is 26.2. The minimum absolute atomic E-state index is 0.0653. The van der Waals surface area contributed by atoms with Gasteiger partial charge in [-0.3, -0.25) is 19.2 Å². The quantitative estimate of drug-likeness (QED) is 0.146. The number of hydrogen-bond acceptors (Lipinski definition) is 8. The van der Waals surface area contributed by atoms with Crippen molar-refractivity contribution in [1.82, 2.24) is 16.0 Å². The average molecular weight is 420 g/mol. The fourth-order valence-corrected chi connectivity index (χ4v) is 2.18. The van der Waals surface area contributed by atoms with Gasteiger partial charge in [0.15, 0.2) is 0 Å². The predicted octanol–water partition coefficient (Wildman–Crippen LogP) is -3.64. The first-order valence-electron chi connectivity index (χ1n) is 8.75. The molecule has 0 radical (unpaired) electrons. The minimum atomic E-state index is -1.65. The second-order valence-electron chi connectivity index (χ2n) is 6.72. The van der Waals surface area contributed by atoms with Crippen molar-refractivity contribution in [2.45, 2.75) is 50.9 Å². The lowest BCUT2D eigenvalue weighted by molar-refractivity contribution is -0.144. The van der Waals surface area contributed by atoms with E-state index in [0.717, 1.165) is 0 Å². The van der Waals surface area contributed by atoms with Crippen LogP contribution in [-0.4, -0.2) is 87.5 Å². The first-order valence-corrected chi connectivity index (χ1v) is 8.75. The third kappa shape index (κ3) is 9.82. The Morgan fingerprint density at radius 3 is 1.69 bits per heavy atom. The molecule has 0 spiro atoms. The van der Waals surface area contributed by atoms with Crippen LogP contribution in [0.15, 0.2) is 0 Å². The molecule has 0 aromatic carbocycles. The molecule has 29 heavy (non-hydrogen) atoms. The van der Waals surface area contributed by atoms with E-state index < -0.39 is 73.5 Å². The number of carbonyl (C=O) groups is 5. The van der Waals surface area contributed by atoms with E-state index in [0.29, 0.717) is 0 Å². The van der Waals surface area contributed by atoms with Crippen LogP contribution in [0.1, 0.15) is 26.7 Å². The number of aliphatic hydroxyl groups excluding tert-OH is 2. The lowest BCUT2D eigenvalue weighted by Crippen LogP contribution is -2.58. The molecule has 13 heteroatoms. The zero-order chi connectivity index (χ0) is 22.7. The molecule has 0 aliphatic heterocycles. The van der Waals surface area contributed by atoms with Crippen molar-refractivity contribution in [1.29, 1.82) is 0 Å². The summed E-state index contributed by atoms with van der Waals surface area (Å²) in [5, 5.41) is 42.5. The third-order valence-corrected chi connectivity index (χ3v) is 3.68. The minimum Gasteiger partial charge on any atom is -0.481 e. The van der Waals surface area contributed by atoms with Crippen LogP contribution < -0.4 is 21.7 Å². The van der Waals surface area contributed by atoms with Crippen LogP contribution in [0.3, 0.4) is 0 Å². The molecule has 0 heterocycles. The largest absolute Gasteiger partial charge is 0.481 e. The summed E-state index contributed by atoms with van der Waals surface area (Å²) >= 11 is 0. The normalized spacial score (nSPS) is 15.0. The summed E-state index contributed by atoms with van der Waals surface area (Å²) < 4.78 is 0. The Balaban J connectivity index is 5.21. The molecule has 0 aromatic rings. The Bertz CT molecular complexity index is 611. The number of carbonyl (C=O) groups excluding carboxylic acids is 3. The van der Waals surface area contributed by atoms with Gasteiger partial charge in [-0.05, 0) is 12.3 Å². The zero-order valence-corrected chi connectivity index (χ0v) is 16.1. The number of rotatable bonds is 13. The topological polar surface area (TPSA) is 228 Å². The fraction of sp³-hybridized carbons (Fsp3) is 0.688. The first-order chi connectivity index (χ1) is 13.4. The van der Waals surface area contributed by atoms with E-state index in [1.165, 1.54) is 0 Å². The van der Waals surface area contributed by atoms with Crippen LogP contribution in [0.2, 0.25) is 0 Å². The van der Waals surface area contributed by atoms with Crippen molar-refractivity contribution in [3.8, 4) is 0 Å². The highest BCUT2D eigenvalue weighted by Gasteiger charge is 2.31. The van der Waals surface area contributed by atoms with E-state index in [4.69, 9.17) is 21.1 Å². The molecule has 0 bridgehead atoms. The van der Waals surface area contributed by atoms with Crippen molar-refractivity contribution >= 4 is 29.7 Å². The van der Waals surface area contributed by atoms with Gasteiger partial charge in [-0.25, -0.2) is 4.79 Å². The molecular weight excluding hydrogens is 392 g/mol. The lowest BCUT2D eigenvalue weighted by Gasteiger charge is -2.23. The van der Waals surface area contributed by atoms with Crippen LogP contribution in [0, 0.1) is 5.92 Å². The number of carboxylic acid groups (broad SMARTS) is 2. The van der Waals surface area contributed by atoms with E-state index in [1.54, 1.807) is 13.8 Å². The SMILES string of the molecule is CC(C)CC(NC(=O)C(CO)NC(=O)C(CC(=O)O)NC(=O)C(N)CO)C(=O)O. The number of amides is 3. The van der Waals surface area contributed by atoms with E-state index in [2.05, 4.69) is 10.6 Å². The molecule has 166 valence electrons. The van der Waals surface area contributed by atoms with Gasteiger partial charge in [0.1, 0.15) is 24.2 Å². The lowest BCUT2D eigenvalue weighted by atomic mass is 10.0. The summed E-state index contributed by atoms with van der Waals surface area (Å²) in [6.07, 6.45) is -0.759. The Morgan fingerprint density at radius 1 is 0.793 bits per heavy atom. The molecule has 9 N–H and O–H groups in total. The Hall–Kier alpha value is -2.77. The second kappa shape index (κ2) is 12.6. The zero-order valence-electron chi connectivity index (χ0n) is 16.1. The molecule has 4 atom stereocenters. The van der Waals surface area contributed by atoms with Crippen LogP contribution >= 0.6 is 0 Å². The Labute approximate surface area is 166 Å². The van der Waals surface area contributed by atoms with Crippen molar-refractivity contribution < 1.29 is 44.4 Å². The smallest absolute Gasteiger partial charge is 0.326 e. The number of nitrogens with two attached hydrogens (primary N) is 1. The third-order valence-electron chi connectivity index (χ3n) is 3.68. The van der Waals surface area contributed by atoms with E-state index in [9.17, 15) is 29.1 Å². The summed E-state index contributed by atoms with van der Waals surface area (Å²) in [6.45, 7) is 1.82. The molecule has 0 saturated carbocycles. The summed E-state index contributed by atoms with van der Waals surface area (Å²) in [5.74, 6) is -5.93. The molecule has 0 saturated heterocycles. The van der Waals surface area contributed by atoms with Crippen LogP contribution in [-0.2, 0) is 24.0 Å². The maximum atomic E-state index is 12.3. The van der Waals surface area contributed by atoms with Crippen molar-refractivity contribution in [2.24, 2.45) is 11.7 Å². The summed E-state index contributed by atoms with van der Waals surface area (Å²) in [5.41, 5.74) is 5.29. The van der Waals surface area contributed by atoms with Crippen LogP contribution in [0.5, 0.6) is 0 Å². The van der Waals surface area contributed by atoms with Gasteiger partial charge in [0.25, 0.3) is 0 Å². The number of aliphatic hydroxyl groups is 2. The van der Waals surface area contributed by atoms with Gasteiger partial charge >= 0.3 is 11.9 Å². The highest BCUT2D eigenvalue weighted by atomic mass is 16.4. The Kier molecular flexibility index (Phi) is 11.4. The van der Waals surface area contributed by atoms with Crippen molar-refractivity contribution in [3.63, 3.8) is 0 Å². The molecule has 0 aliphatic carbocycles. The molecule has 4 unspecified atom stereocenters. The second-order valence-corrected chi connectivity index (χ2v) is 6.72. The van der Waals surface area contributed by atoms with E-state index >= 15 is 0 Å². The predicted molar refractivity (Wildman–Crippen MR) is 97.3 cm³/mol. The molecule has 0 aromatic heterocycles. The fourth-order valence-electron chi connectivity index (χ4n) is 2.18. The van der Waals surface area contributed by atoms with Gasteiger partial charge in [-0.15, -0.1) is 0 Å². The number of hydrogen-bond donors (Lipinski definition) is 8. The van der Waals surface area contributed by atoms with Crippen LogP contribution in [0.4, 0.5) is 0 Å². The molecule has 3 amide bonds. The number of aliphatic carboxylic acids is 2. The standard InChI is InChI=1S/C16H28N4O9/c1-7(2)3-10(16(28)29)19-15(27)11(6-22)20-14(26)9(4-12(23)24)18-13(25)8(17)5-21/h7-11,21-22H,3-6,17H2,1-2H3,(H,18,25)(H,19,27)(H,20,26)(H,23,24)(H,28,29). The summed E-state index contributed by atoms with van der Waals surface area (Å²) in [6, 6.07) is -5.89. The van der Waals surface area contributed by atoms with Crippen LogP contribution in [0.25, 0.3) is 0 Å². The van der Waals surface area contributed by atoms with Gasteiger partial charge in [-0.1, -0.05) is 13.8 Å². The van der Waals surface area contributed by atoms with Crippen molar-refractivity contribution in [2.75, 3.05) is 13.2 Å². The highest BCUT2D eigenvalue weighted by Crippen LogP contribution is 2.05. The molecule has 0 aliphatic rings. The van der Waals surface area contributed by atoms with Gasteiger partial charge < -0.3 is 42.1 Å². The van der Waals surface area contributed by atoms with Gasteiger partial charge in [0.2, 0.25) is 17.7 Å². The number of nitrogens with one attached hydrogen (secondary N) is 3. The summed E-state index contributed by atoms with van der Waals surface area (Å²) in [7, 11) is 0. The maximum Gasteiger partial charge on any atom is 0.326 e. The van der Waals surface area contributed by atoms with E-state index in [1.807, 2.05) is 5.32 Å². The number of carboxylic acids is 2. The molecule has 0 fully saturated rings. The average Bonchev–Trinajstić information content (AvgIpc) is 2.62. The summed E-state index contributed by atoms with van der Waals surface area (Å²) in [4.78, 5) is 58.4.